The van der Waals surface area contributed by atoms with Crippen molar-refractivity contribution < 1.29 is 4.79 Å². The van der Waals surface area contributed by atoms with Gasteiger partial charge in [-0.05, 0) is 37.5 Å². The number of amides is 1. The number of fused-ring (bicyclic) bond motifs is 1. The van der Waals surface area contributed by atoms with E-state index in [1.165, 1.54) is 6.08 Å². The lowest BCUT2D eigenvalue weighted by molar-refractivity contribution is -0.111. The van der Waals surface area contributed by atoms with E-state index in [0.717, 1.165) is 30.9 Å². The molecule has 0 atom stereocenters. The Hall–Kier alpha value is -1.70. The number of hydrogen-bond donors (Lipinski definition) is 1. The van der Waals surface area contributed by atoms with Crippen LogP contribution >= 0.6 is 34.4 Å². The molecule has 0 saturated carbocycles. The number of carbonyl (C=O) groups excluding carboxylic acids is 1. The van der Waals surface area contributed by atoms with Gasteiger partial charge in [-0.3, -0.25) is 4.79 Å². The van der Waals surface area contributed by atoms with Gasteiger partial charge in [-0.25, -0.2) is 9.97 Å². The van der Waals surface area contributed by atoms with Crippen LogP contribution in [-0.2, 0) is 4.79 Å². The largest absolute Gasteiger partial charge is 0.322 e. The summed E-state index contributed by atoms with van der Waals surface area (Å²) in [7, 11) is 0. The molecule has 0 fully saturated rings. The van der Waals surface area contributed by atoms with Gasteiger partial charge in [0, 0.05) is 17.1 Å². The topological polar surface area (TPSA) is 54.9 Å². The zero-order valence-electron chi connectivity index (χ0n) is 12.0. The van der Waals surface area contributed by atoms with E-state index in [9.17, 15) is 4.79 Å². The number of anilines is 1. The van der Waals surface area contributed by atoms with Gasteiger partial charge < -0.3 is 5.32 Å². The first-order chi connectivity index (χ1) is 10.6. The number of thiazole rings is 2. The second-order valence-corrected chi connectivity index (χ2v) is 7.63. The predicted octanol–water partition coefficient (Wildman–Crippen LogP) is 4.44. The van der Waals surface area contributed by atoms with Gasteiger partial charge in [-0.15, -0.1) is 22.7 Å². The van der Waals surface area contributed by atoms with Gasteiger partial charge in [0.1, 0.15) is 0 Å². The molecule has 0 bridgehead atoms. The third kappa shape index (κ3) is 3.55. The number of aromatic nitrogens is 2. The molecule has 1 aromatic carbocycles. The van der Waals surface area contributed by atoms with Crippen molar-refractivity contribution in [2.45, 2.75) is 11.3 Å². The van der Waals surface area contributed by atoms with E-state index in [2.05, 4.69) is 15.3 Å². The molecule has 3 rings (SSSR count). The highest BCUT2D eigenvalue weighted by Gasteiger charge is 2.05. The Morgan fingerprint density at radius 3 is 2.95 bits per heavy atom. The highest BCUT2D eigenvalue weighted by Crippen LogP contribution is 2.29. The molecule has 0 aliphatic heterocycles. The van der Waals surface area contributed by atoms with Crippen molar-refractivity contribution in [2.24, 2.45) is 0 Å². The Bertz CT molecular complexity index is 851. The van der Waals surface area contributed by atoms with E-state index in [-0.39, 0.29) is 5.91 Å². The van der Waals surface area contributed by atoms with E-state index in [0.29, 0.717) is 0 Å². The molecule has 112 valence electrons. The molecular formula is C15H13N3OS3. The number of nitrogens with zero attached hydrogens (tertiary/aromatic N) is 2. The fourth-order valence-electron chi connectivity index (χ4n) is 1.87. The van der Waals surface area contributed by atoms with Crippen molar-refractivity contribution in [3.8, 4) is 0 Å². The maximum absolute atomic E-state index is 12.0. The summed E-state index contributed by atoms with van der Waals surface area (Å²) >= 11 is 4.81. The third-order valence-corrected chi connectivity index (χ3v) is 5.65. The lowest BCUT2D eigenvalue weighted by atomic mass is 10.3. The molecule has 4 nitrogen and oxygen atoms in total. The Kier molecular flexibility index (Phi) is 4.56. The number of nitrogens with one attached hydrogen (secondary N) is 1. The molecule has 2 aromatic heterocycles. The molecular weight excluding hydrogens is 334 g/mol. The third-order valence-electron chi connectivity index (χ3n) is 2.85. The molecule has 22 heavy (non-hydrogen) atoms. The summed E-state index contributed by atoms with van der Waals surface area (Å²) < 4.78 is 2.10. The van der Waals surface area contributed by atoms with Crippen molar-refractivity contribution in [2.75, 3.05) is 11.6 Å². The summed E-state index contributed by atoms with van der Waals surface area (Å²) in [6, 6.07) is 5.74. The van der Waals surface area contributed by atoms with Crippen molar-refractivity contribution in [1.29, 1.82) is 0 Å². The van der Waals surface area contributed by atoms with Crippen LogP contribution in [0.15, 0.2) is 34.0 Å². The minimum atomic E-state index is -0.167. The Morgan fingerprint density at radius 2 is 2.23 bits per heavy atom. The maximum atomic E-state index is 12.0. The fraction of sp³-hybridized carbons (Fsp3) is 0.133. The van der Waals surface area contributed by atoms with Crippen LogP contribution in [-0.4, -0.2) is 22.1 Å². The number of rotatable bonds is 4. The highest BCUT2D eigenvalue weighted by molar-refractivity contribution is 8.00. The molecule has 1 N–H and O–H groups in total. The molecule has 3 aromatic rings. The zero-order valence-corrected chi connectivity index (χ0v) is 14.4. The standard InChI is InChI=1S/C15H13N3OS3/c1-9-16-11(8-21-9)4-6-14(19)17-10-3-5-12-13(7-10)22-15(18-12)20-2/h3-8H,1-2H3,(H,17,19). The van der Waals surface area contributed by atoms with Crippen molar-refractivity contribution >= 4 is 62.3 Å². The first kappa shape index (κ1) is 15.2. The van der Waals surface area contributed by atoms with E-state index in [4.69, 9.17) is 0 Å². The minimum Gasteiger partial charge on any atom is -0.322 e. The van der Waals surface area contributed by atoms with Crippen LogP contribution in [0.4, 0.5) is 5.69 Å². The van der Waals surface area contributed by atoms with Gasteiger partial charge >= 0.3 is 0 Å². The van der Waals surface area contributed by atoms with E-state index >= 15 is 0 Å². The second-order valence-electron chi connectivity index (χ2n) is 4.48. The molecule has 0 spiro atoms. The summed E-state index contributed by atoms with van der Waals surface area (Å²) in [5, 5.41) is 5.77. The Balaban J connectivity index is 1.71. The van der Waals surface area contributed by atoms with Gasteiger partial charge in [0.25, 0.3) is 0 Å². The smallest absolute Gasteiger partial charge is 0.248 e. The summed E-state index contributed by atoms with van der Waals surface area (Å²) in [5.41, 5.74) is 2.54. The number of carbonyl (C=O) groups is 1. The molecule has 7 heteroatoms. The average Bonchev–Trinajstić information content (AvgIpc) is 3.10. The van der Waals surface area contributed by atoms with E-state index < -0.39 is 0 Å². The number of aryl methyl sites for hydroxylation is 1. The van der Waals surface area contributed by atoms with Crippen LogP contribution in [0.1, 0.15) is 10.7 Å². The number of thioether (sulfide) groups is 1. The molecule has 0 saturated heterocycles. The van der Waals surface area contributed by atoms with Crippen molar-refractivity contribution in [1.82, 2.24) is 9.97 Å². The van der Waals surface area contributed by atoms with Crippen LogP contribution < -0.4 is 5.32 Å². The van der Waals surface area contributed by atoms with Gasteiger partial charge in [0.2, 0.25) is 5.91 Å². The number of benzene rings is 1. The molecule has 2 heterocycles. The van der Waals surface area contributed by atoms with Gasteiger partial charge in [0.05, 0.1) is 20.9 Å². The summed E-state index contributed by atoms with van der Waals surface area (Å²) in [5.74, 6) is -0.167. The average molecular weight is 347 g/mol. The minimum absolute atomic E-state index is 0.167. The summed E-state index contributed by atoms with van der Waals surface area (Å²) in [6.07, 6.45) is 5.22. The molecule has 0 radical (unpaired) electrons. The molecule has 0 aliphatic carbocycles. The molecule has 0 aliphatic rings. The molecule has 0 unspecified atom stereocenters. The van der Waals surface area contributed by atoms with E-state index in [1.807, 2.05) is 36.8 Å². The van der Waals surface area contributed by atoms with Gasteiger partial charge in [-0.2, -0.15) is 0 Å². The van der Waals surface area contributed by atoms with E-state index in [1.54, 1.807) is 40.5 Å². The molecule has 1 amide bonds. The van der Waals surface area contributed by atoms with Crippen LogP contribution in [0.3, 0.4) is 0 Å². The Labute approximate surface area is 140 Å². The highest BCUT2D eigenvalue weighted by atomic mass is 32.2. The maximum Gasteiger partial charge on any atom is 0.248 e. The summed E-state index contributed by atoms with van der Waals surface area (Å²) in [4.78, 5) is 20.7. The van der Waals surface area contributed by atoms with Crippen molar-refractivity contribution in [3.63, 3.8) is 0 Å². The second kappa shape index (κ2) is 6.60. The zero-order chi connectivity index (χ0) is 15.5. The van der Waals surface area contributed by atoms with Gasteiger partial charge in [-0.1, -0.05) is 11.8 Å². The fourth-order valence-corrected chi connectivity index (χ4v) is 3.98. The first-order valence-corrected chi connectivity index (χ1v) is 9.42. The normalized spacial score (nSPS) is 11.4. The summed E-state index contributed by atoms with van der Waals surface area (Å²) in [6.45, 7) is 1.94. The lowest BCUT2D eigenvalue weighted by Crippen LogP contribution is -2.07. The monoisotopic (exact) mass is 347 g/mol. The first-order valence-electron chi connectivity index (χ1n) is 6.50. The van der Waals surface area contributed by atoms with Gasteiger partial charge in [0.15, 0.2) is 4.34 Å². The quantitative estimate of drug-likeness (QED) is 0.560. The van der Waals surface area contributed by atoms with Crippen LogP contribution in [0, 0.1) is 6.92 Å². The van der Waals surface area contributed by atoms with Crippen LogP contribution in [0.25, 0.3) is 16.3 Å². The van der Waals surface area contributed by atoms with Crippen LogP contribution in [0.2, 0.25) is 0 Å². The number of hydrogen-bond acceptors (Lipinski definition) is 6. The van der Waals surface area contributed by atoms with Crippen LogP contribution in [0.5, 0.6) is 0 Å². The predicted molar refractivity (Wildman–Crippen MR) is 95.9 cm³/mol. The van der Waals surface area contributed by atoms with Crippen molar-refractivity contribution in [3.05, 3.63) is 40.4 Å². The Morgan fingerprint density at radius 1 is 1.36 bits per heavy atom. The SMILES string of the molecule is CSc1nc2ccc(NC(=O)C=Cc3csc(C)n3)cc2s1. The lowest BCUT2D eigenvalue weighted by Gasteiger charge is -2.01.